The SMILES string of the molecule is COc1cc(SC)ncc1N1CCC(O)CC1. The molecule has 1 aromatic rings. The average Bonchev–Trinajstić information content (AvgIpc) is 2.39. The molecule has 1 saturated heterocycles. The summed E-state index contributed by atoms with van der Waals surface area (Å²) in [5, 5.41) is 10.5. The Morgan fingerprint density at radius 3 is 2.76 bits per heavy atom. The summed E-state index contributed by atoms with van der Waals surface area (Å²) in [6.45, 7) is 1.72. The van der Waals surface area contributed by atoms with E-state index in [9.17, 15) is 5.11 Å². The van der Waals surface area contributed by atoms with Crippen LogP contribution in [0.5, 0.6) is 5.75 Å². The second-order valence-electron chi connectivity index (χ2n) is 4.12. The lowest BCUT2D eigenvalue weighted by atomic mass is 10.1. The molecule has 2 heterocycles. The number of hydrogen-bond donors (Lipinski definition) is 1. The van der Waals surface area contributed by atoms with Crippen molar-refractivity contribution >= 4 is 17.4 Å². The molecule has 0 unspecified atom stereocenters. The zero-order chi connectivity index (χ0) is 12.3. The van der Waals surface area contributed by atoms with Crippen LogP contribution in [0.2, 0.25) is 0 Å². The van der Waals surface area contributed by atoms with Crippen LogP contribution in [0.3, 0.4) is 0 Å². The maximum atomic E-state index is 9.51. The van der Waals surface area contributed by atoms with Gasteiger partial charge in [0, 0.05) is 19.2 Å². The molecule has 0 aromatic carbocycles. The van der Waals surface area contributed by atoms with Crippen molar-refractivity contribution in [2.45, 2.75) is 24.0 Å². The van der Waals surface area contributed by atoms with Crippen molar-refractivity contribution in [1.29, 1.82) is 0 Å². The van der Waals surface area contributed by atoms with Gasteiger partial charge < -0.3 is 14.7 Å². The molecule has 0 amide bonds. The fourth-order valence-corrected chi connectivity index (χ4v) is 2.41. The monoisotopic (exact) mass is 254 g/mol. The minimum absolute atomic E-state index is 0.157. The van der Waals surface area contributed by atoms with Gasteiger partial charge in [0.25, 0.3) is 0 Å². The van der Waals surface area contributed by atoms with Gasteiger partial charge in [0.15, 0.2) is 0 Å². The number of thioether (sulfide) groups is 1. The Balaban J connectivity index is 2.19. The molecule has 2 rings (SSSR count). The van der Waals surface area contributed by atoms with Crippen LogP contribution >= 0.6 is 11.8 Å². The van der Waals surface area contributed by atoms with Crippen LogP contribution in [0, 0.1) is 0 Å². The Labute approximate surface area is 106 Å². The number of nitrogens with zero attached hydrogens (tertiary/aromatic N) is 2. The highest BCUT2D eigenvalue weighted by Crippen LogP contribution is 2.32. The Hall–Kier alpha value is -0.940. The highest BCUT2D eigenvalue weighted by Gasteiger charge is 2.20. The van der Waals surface area contributed by atoms with Crippen molar-refractivity contribution in [3.63, 3.8) is 0 Å². The summed E-state index contributed by atoms with van der Waals surface area (Å²) in [6, 6.07) is 1.96. The number of aliphatic hydroxyl groups is 1. The van der Waals surface area contributed by atoms with Crippen molar-refractivity contribution < 1.29 is 9.84 Å². The predicted molar refractivity (Wildman–Crippen MR) is 70.0 cm³/mol. The van der Waals surface area contributed by atoms with Crippen molar-refractivity contribution in [3.05, 3.63) is 12.3 Å². The lowest BCUT2D eigenvalue weighted by molar-refractivity contribution is 0.145. The highest BCUT2D eigenvalue weighted by atomic mass is 32.2. The standard InChI is InChI=1S/C12H18N2O2S/c1-16-11-7-12(17-2)13-8-10(11)14-5-3-9(15)4-6-14/h7-9,15H,3-6H2,1-2H3. The molecule has 4 nitrogen and oxygen atoms in total. The fourth-order valence-electron chi connectivity index (χ4n) is 2.03. The third-order valence-corrected chi connectivity index (χ3v) is 3.70. The zero-order valence-corrected chi connectivity index (χ0v) is 11.0. The summed E-state index contributed by atoms with van der Waals surface area (Å²) in [5.41, 5.74) is 1.03. The number of rotatable bonds is 3. The first kappa shape index (κ1) is 12.5. The Bertz CT molecular complexity index is 379. The van der Waals surface area contributed by atoms with Gasteiger partial charge in [0.05, 0.1) is 30.1 Å². The normalized spacial score (nSPS) is 17.2. The molecular formula is C12H18N2O2S. The molecule has 1 fully saturated rings. The van der Waals surface area contributed by atoms with E-state index in [0.29, 0.717) is 0 Å². The molecule has 0 saturated carbocycles. The van der Waals surface area contributed by atoms with Gasteiger partial charge in [-0.05, 0) is 19.1 Å². The van der Waals surface area contributed by atoms with Gasteiger partial charge in [-0.2, -0.15) is 0 Å². The first-order valence-corrected chi connectivity index (χ1v) is 6.98. The van der Waals surface area contributed by atoms with Crippen LogP contribution in [0.25, 0.3) is 0 Å². The molecule has 94 valence electrons. The second kappa shape index (κ2) is 5.60. The lowest BCUT2D eigenvalue weighted by Gasteiger charge is -2.32. The van der Waals surface area contributed by atoms with E-state index in [4.69, 9.17) is 4.74 Å². The number of methoxy groups -OCH3 is 1. The largest absolute Gasteiger partial charge is 0.494 e. The summed E-state index contributed by atoms with van der Waals surface area (Å²) in [6.07, 6.45) is 5.33. The van der Waals surface area contributed by atoms with Crippen LogP contribution in [-0.4, -0.2) is 42.6 Å². The molecule has 0 atom stereocenters. The Kier molecular flexibility index (Phi) is 4.12. The van der Waals surface area contributed by atoms with Crippen LogP contribution in [-0.2, 0) is 0 Å². The van der Waals surface area contributed by atoms with Gasteiger partial charge in [-0.25, -0.2) is 4.98 Å². The molecule has 0 spiro atoms. The van der Waals surface area contributed by atoms with Gasteiger partial charge >= 0.3 is 0 Å². The number of aromatic nitrogens is 1. The summed E-state index contributed by atoms with van der Waals surface area (Å²) in [4.78, 5) is 6.60. The molecule has 1 aliphatic heterocycles. The summed E-state index contributed by atoms with van der Waals surface area (Å²) in [7, 11) is 1.68. The van der Waals surface area contributed by atoms with E-state index in [1.165, 1.54) is 0 Å². The van der Waals surface area contributed by atoms with Crippen LogP contribution in [0.1, 0.15) is 12.8 Å². The van der Waals surface area contributed by atoms with Crippen molar-refractivity contribution in [2.75, 3.05) is 31.4 Å². The zero-order valence-electron chi connectivity index (χ0n) is 10.2. The number of aliphatic hydroxyl groups excluding tert-OH is 1. The number of anilines is 1. The smallest absolute Gasteiger partial charge is 0.146 e. The molecule has 0 radical (unpaired) electrons. The van der Waals surface area contributed by atoms with Crippen molar-refractivity contribution in [2.24, 2.45) is 0 Å². The molecular weight excluding hydrogens is 236 g/mol. The molecule has 1 aliphatic rings. The Morgan fingerprint density at radius 1 is 1.47 bits per heavy atom. The first-order valence-electron chi connectivity index (χ1n) is 5.75. The second-order valence-corrected chi connectivity index (χ2v) is 4.94. The number of hydrogen-bond acceptors (Lipinski definition) is 5. The van der Waals surface area contributed by atoms with E-state index in [1.807, 2.05) is 18.5 Å². The fraction of sp³-hybridized carbons (Fsp3) is 0.583. The van der Waals surface area contributed by atoms with Gasteiger partial charge in [-0.1, -0.05) is 0 Å². The summed E-state index contributed by atoms with van der Waals surface area (Å²) >= 11 is 1.60. The Morgan fingerprint density at radius 2 is 2.18 bits per heavy atom. The molecule has 0 aliphatic carbocycles. The molecule has 5 heteroatoms. The molecule has 0 bridgehead atoms. The quantitative estimate of drug-likeness (QED) is 0.833. The molecule has 1 aromatic heterocycles. The predicted octanol–water partition coefficient (Wildman–Crippen LogP) is 1.77. The first-order chi connectivity index (χ1) is 8.24. The average molecular weight is 254 g/mol. The van der Waals surface area contributed by atoms with E-state index in [-0.39, 0.29) is 6.10 Å². The van der Waals surface area contributed by atoms with Crippen molar-refractivity contribution in [3.8, 4) is 5.75 Å². The van der Waals surface area contributed by atoms with E-state index in [0.717, 1.165) is 42.4 Å². The van der Waals surface area contributed by atoms with E-state index >= 15 is 0 Å². The number of pyridine rings is 1. The minimum Gasteiger partial charge on any atom is -0.494 e. The van der Waals surface area contributed by atoms with E-state index < -0.39 is 0 Å². The minimum atomic E-state index is -0.157. The van der Waals surface area contributed by atoms with Gasteiger partial charge in [-0.3, -0.25) is 0 Å². The lowest BCUT2D eigenvalue weighted by Crippen LogP contribution is -2.36. The van der Waals surface area contributed by atoms with E-state index in [2.05, 4.69) is 9.88 Å². The van der Waals surface area contributed by atoms with Gasteiger partial charge in [0.2, 0.25) is 0 Å². The third kappa shape index (κ3) is 2.84. The maximum Gasteiger partial charge on any atom is 0.146 e. The number of piperidine rings is 1. The highest BCUT2D eigenvalue weighted by molar-refractivity contribution is 7.98. The third-order valence-electron chi connectivity index (χ3n) is 3.06. The summed E-state index contributed by atoms with van der Waals surface area (Å²) in [5.74, 6) is 0.862. The van der Waals surface area contributed by atoms with Crippen LogP contribution < -0.4 is 9.64 Å². The van der Waals surface area contributed by atoms with Gasteiger partial charge in [0.1, 0.15) is 5.75 Å². The molecule has 17 heavy (non-hydrogen) atoms. The topological polar surface area (TPSA) is 45.6 Å². The van der Waals surface area contributed by atoms with Crippen molar-refractivity contribution in [1.82, 2.24) is 4.98 Å². The van der Waals surface area contributed by atoms with Gasteiger partial charge in [-0.15, -0.1) is 11.8 Å². The van der Waals surface area contributed by atoms with Crippen LogP contribution in [0.4, 0.5) is 5.69 Å². The summed E-state index contributed by atoms with van der Waals surface area (Å²) < 4.78 is 5.41. The van der Waals surface area contributed by atoms with E-state index in [1.54, 1.807) is 18.9 Å². The number of ether oxygens (including phenoxy) is 1. The molecule has 1 N–H and O–H groups in total. The maximum absolute atomic E-state index is 9.51. The van der Waals surface area contributed by atoms with Crippen LogP contribution in [0.15, 0.2) is 17.3 Å².